The van der Waals surface area contributed by atoms with Crippen molar-refractivity contribution in [3.05, 3.63) is 0 Å². The number of rotatable bonds is 4. The van der Waals surface area contributed by atoms with Crippen LogP contribution >= 0.6 is 12.6 Å². The first-order chi connectivity index (χ1) is 4.57. The molecule has 0 saturated carbocycles. The van der Waals surface area contributed by atoms with E-state index in [1.54, 1.807) is 0 Å². The number of carbonyl (C=O) groups is 1. The minimum atomic E-state index is -1.06. The first-order valence-electron chi connectivity index (χ1n) is 2.76. The van der Waals surface area contributed by atoms with Crippen molar-refractivity contribution < 1.29 is 20.1 Å². The first-order valence-corrected chi connectivity index (χ1v) is 3.28. The summed E-state index contributed by atoms with van der Waals surface area (Å²) in [7, 11) is 0. The van der Waals surface area contributed by atoms with Gasteiger partial charge in [-0.15, -0.1) is 0 Å². The molecule has 3 N–H and O–H groups in total. The van der Waals surface area contributed by atoms with Gasteiger partial charge in [0, 0.05) is 5.25 Å². The highest BCUT2D eigenvalue weighted by Crippen LogP contribution is 2.06. The fourth-order valence-corrected chi connectivity index (χ4v) is 0.687. The van der Waals surface area contributed by atoms with Gasteiger partial charge in [0.1, 0.15) is 0 Å². The second-order valence-electron chi connectivity index (χ2n) is 1.92. The van der Waals surface area contributed by atoms with E-state index < -0.39 is 23.9 Å². The van der Waals surface area contributed by atoms with Crippen LogP contribution in [0.5, 0.6) is 0 Å². The van der Waals surface area contributed by atoms with Crippen LogP contribution in [0.25, 0.3) is 0 Å². The fraction of sp³-hybridized carbons (Fsp3) is 0.800. The van der Waals surface area contributed by atoms with Gasteiger partial charge in [-0.25, -0.2) is 0 Å². The van der Waals surface area contributed by atoms with Gasteiger partial charge < -0.3 is 15.3 Å². The van der Waals surface area contributed by atoms with Crippen molar-refractivity contribution in [1.82, 2.24) is 0 Å². The summed E-state index contributed by atoms with van der Waals surface area (Å²) in [6, 6.07) is 0. The molecule has 5 heteroatoms. The summed E-state index contributed by atoms with van der Waals surface area (Å²) in [6.45, 7) is -0.457. The summed E-state index contributed by atoms with van der Waals surface area (Å²) in [4.78, 5) is 9.99. The summed E-state index contributed by atoms with van der Waals surface area (Å²) in [5, 5.41) is 24.6. The first kappa shape index (κ1) is 9.74. The molecular weight excluding hydrogens is 156 g/mol. The van der Waals surface area contributed by atoms with Gasteiger partial charge in [-0.1, -0.05) is 0 Å². The van der Waals surface area contributed by atoms with Crippen molar-refractivity contribution in [3.8, 4) is 0 Å². The number of aliphatic carboxylic acids is 1. The molecule has 0 amide bonds. The van der Waals surface area contributed by atoms with Crippen LogP contribution in [-0.2, 0) is 4.79 Å². The van der Waals surface area contributed by atoms with Crippen LogP contribution in [0.3, 0.4) is 0 Å². The maximum atomic E-state index is 9.99. The minimum Gasteiger partial charge on any atom is -0.481 e. The predicted octanol–water partition coefficient (Wildman–Crippen LogP) is -0.887. The summed E-state index contributed by atoms with van der Waals surface area (Å²) in [6.07, 6.45) is -1.30. The third-order valence-corrected chi connectivity index (χ3v) is 1.54. The van der Waals surface area contributed by atoms with E-state index in [0.717, 1.165) is 0 Å². The largest absolute Gasteiger partial charge is 0.481 e. The Balaban J connectivity index is 3.61. The predicted molar refractivity (Wildman–Crippen MR) is 38.1 cm³/mol. The maximum Gasteiger partial charge on any atom is 0.304 e. The Kier molecular flexibility index (Phi) is 4.42. The second-order valence-corrected chi connectivity index (χ2v) is 2.58. The Morgan fingerprint density at radius 1 is 1.60 bits per heavy atom. The summed E-state index contributed by atoms with van der Waals surface area (Å²) < 4.78 is 0. The zero-order valence-electron chi connectivity index (χ0n) is 5.27. The van der Waals surface area contributed by atoms with Gasteiger partial charge in [0.25, 0.3) is 0 Å². The van der Waals surface area contributed by atoms with Crippen molar-refractivity contribution in [2.75, 3.05) is 6.61 Å². The van der Waals surface area contributed by atoms with Crippen molar-refractivity contribution >= 4 is 18.6 Å². The zero-order valence-corrected chi connectivity index (χ0v) is 6.16. The average molecular weight is 166 g/mol. The topological polar surface area (TPSA) is 77.8 Å². The van der Waals surface area contributed by atoms with E-state index in [4.69, 9.17) is 15.3 Å². The quantitative estimate of drug-likeness (QED) is 0.409. The molecule has 0 saturated heterocycles. The molecule has 0 radical (unpaired) electrons. The third kappa shape index (κ3) is 3.71. The Bertz CT molecular complexity index is 116. The van der Waals surface area contributed by atoms with Crippen LogP contribution in [-0.4, -0.2) is 39.2 Å². The number of hydrogen-bond acceptors (Lipinski definition) is 4. The summed E-state index contributed by atoms with van der Waals surface area (Å²) in [5.74, 6) is -1.03. The molecule has 0 aliphatic rings. The molecule has 2 unspecified atom stereocenters. The van der Waals surface area contributed by atoms with E-state index in [-0.39, 0.29) is 6.42 Å². The molecule has 0 heterocycles. The number of carboxylic acids is 1. The standard InChI is InChI=1S/C5H10O4S/c6-2-3(7)4(10)1-5(8)9/h3-4,6-7,10H,1-2H2,(H,8,9). The molecule has 0 rings (SSSR count). The molecule has 0 bridgehead atoms. The molecule has 0 aromatic carbocycles. The second kappa shape index (κ2) is 4.54. The number of carboxylic acid groups (broad SMARTS) is 1. The average Bonchev–Trinajstić information content (AvgIpc) is 1.85. The lowest BCUT2D eigenvalue weighted by molar-refractivity contribution is -0.137. The van der Waals surface area contributed by atoms with E-state index in [9.17, 15) is 4.79 Å². The molecule has 60 valence electrons. The lowest BCUT2D eigenvalue weighted by Crippen LogP contribution is -2.26. The van der Waals surface area contributed by atoms with Crippen molar-refractivity contribution in [2.45, 2.75) is 17.8 Å². The van der Waals surface area contributed by atoms with Crippen LogP contribution in [0, 0.1) is 0 Å². The fourth-order valence-electron chi connectivity index (χ4n) is 0.437. The molecule has 0 aliphatic heterocycles. The maximum absolute atomic E-state index is 9.99. The molecular formula is C5H10O4S. The number of aliphatic hydroxyl groups excluding tert-OH is 2. The van der Waals surface area contributed by atoms with Crippen molar-refractivity contribution in [2.24, 2.45) is 0 Å². The molecule has 0 aromatic heterocycles. The molecule has 0 spiro atoms. The number of hydrogen-bond donors (Lipinski definition) is 4. The lowest BCUT2D eigenvalue weighted by atomic mass is 10.2. The zero-order chi connectivity index (χ0) is 8.15. The Morgan fingerprint density at radius 3 is 2.40 bits per heavy atom. The van der Waals surface area contributed by atoms with Crippen molar-refractivity contribution in [3.63, 3.8) is 0 Å². The molecule has 4 nitrogen and oxygen atoms in total. The van der Waals surface area contributed by atoms with Gasteiger partial charge >= 0.3 is 5.97 Å². The molecule has 0 aliphatic carbocycles. The number of thiol groups is 1. The molecule has 10 heavy (non-hydrogen) atoms. The van der Waals surface area contributed by atoms with E-state index in [1.165, 1.54) is 0 Å². The van der Waals surface area contributed by atoms with Gasteiger partial charge in [0.05, 0.1) is 19.1 Å². The van der Waals surface area contributed by atoms with Crippen LogP contribution in [0.15, 0.2) is 0 Å². The Morgan fingerprint density at radius 2 is 2.10 bits per heavy atom. The SMILES string of the molecule is O=C(O)CC(S)C(O)CO. The Labute approximate surface area is 63.9 Å². The van der Waals surface area contributed by atoms with Gasteiger partial charge in [-0.3, -0.25) is 4.79 Å². The van der Waals surface area contributed by atoms with Crippen LogP contribution in [0.2, 0.25) is 0 Å². The van der Waals surface area contributed by atoms with Crippen LogP contribution < -0.4 is 0 Å². The highest BCUT2D eigenvalue weighted by Gasteiger charge is 2.16. The highest BCUT2D eigenvalue weighted by molar-refractivity contribution is 7.81. The molecule has 0 aromatic rings. The van der Waals surface area contributed by atoms with E-state index in [0.29, 0.717) is 0 Å². The molecule has 0 fully saturated rings. The van der Waals surface area contributed by atoms with Crippen molar-refractivity contribution in [1.29, 1.82) is 0 Å². The highest BCUT2D eigenvalue weighted by atomic mass is 32.1. The third-order valence-electron chi connectivity index (χ3n) is 1.01. The van der Waals surface area contributed by atoms with Gasteiger partial charge in [0.15, 0.2) is 0 Å². The lowest BCUT2D eigenvalue weighted by Gasteiger charge is -2.12. The van der Waals surface area contributed by atoms with E-state index in [1.807, 2.05) is 0 Å². The summed E-state index contributed by atoms with van der Waals surface area (Å²) in [5.41, 5.74) is 0. The van der Waals surface area contributed by atoms with Crippen LogP contribution in [0.4, 0.5) is 0 Å². The minimum absolute atomic E-state index is 0.245. The Hall–Kier alpha value is -0.260. The molecule has 2 atom stereocenters. The van der Waals surface area contributed by atoms with E-state index >= 15 is 0 Å². The number of aliphatic hydroxyl groups is 2. The monoisotopic (exact) mass is 166 g/mol. The van der Waals surface area contributed by atoms with Gasteiger partial charge in [0.2, 0.25) is 0 Å². The van der Waals surface area contributed by atoms with Crippen LogP contribution in [0.1, 0.15) is 6.42 Å². The normalized spacial score (nSPS) is 16.3. The van der Waals surface area contributed by atoms with Gasteiger partial charge in [-0.2, -0.15) is 12.6 Å². The van der Waals surface area contributed by atoms with E-state index in [2.05, 4.69) is 12.6 Å². The van der Waals surface area contributed by atoms with Gasteiger partial charge in [-0.05, 0) is 0 Å². The summed E-state index contributed by atoms with van der Waals surface area (Å²) >= 11 is 3.75. The smallest absolute Gasteiger partial charge is 0.304 e.